The zero-order chi connectivity index (χ0) is 17.1. The highest BCUT2D eigenvalue weighted by atomic mass is 79.9. The number of urea groups is 1. The Morgan fingerprint density at radius 3 is 2.50 bits per heavy atom. The van der Waals surface area contributed by atoms with E-state index in [-0.39, 0.29) is 6.03 Å². The van der Waals surface area contributed by atoms with Gasteiger partial charge in [-0.1, -0.05) is 15.9 Å². The van der Waals surface area contributed by atoms with Crippen molar-refractivity contribution < 1.29 is 4.79 Å². The fraction of sp³-hybridized carbons (Fsp3) is 0.111. The lowest BCUT2D eigenvalue weighted by atomic mass is 10.2. The molecule has 0 saturated heterocycles. The van der Waals surface area contributed by atoms with E-state index in [9.17, 15) is 4.79 Å². The Bertz CT molecular complexity index is 878. The summed E-state index contributed by atoms with van der Waals surface area (Å²) in [5.41, 5.74) is 3.35. The summed E-state index contributed by atoms with van der Waals surface area (Å²) >= 11 is 3.42. The quantitative estimate of drug-likeness (QED) is 0.687. The molecule has 0 bridgehead atoms. The largest absolute Gasteiger partial charge is 0.378 e. The molecule has 0 saturated carbocycles. The van der Waals surface area contributed by atoms with Crippen molar-refractivity contribution in [3.05, 3.63) is 59.2 Å². The van der Waals surface area contributed by atoms with Gasteiger partial charge in [-0.3, -0.25) is 4.98 Å². The summed E-state index contributed by atoms with van der Waals surface area (Å²) in [6.07, 6.45) is 1.68. The van der Waals surface area contributed by atoms with E-state index >= 15 is 0 Å². The minimum Gasteiger partial charge on any atom is -0.378 e. The molecule has 0 fully saturated rings. The highest BCUT2D eigenvalue weighted by molar-refractivity contribution is 9.10. The molecule has 2 aromatic carbocycles. The smallest absolute Gasteiger partial charge is 0.323 e. The van der Waals surface area contributed by atoms with Crippen LogP contribution in [0.4, 0.5) is 21.9 Å². The molecule has 0 aliphatic heterocycles. The second-order valence-corrected chi connectivity index (χ2v) is 6.46. The maximum atomic E-state index is 12.2. The fourth-order valence-corrected chi connectivity index (χ4v) is 2.71. The Labute approximate surface area is 148 Å². The zero-order valence-electron chi connectivity index (χ0n) is 13.4. The number of carbonyl (C=O) groups is 1. The molecule has 1 aromatic heterocycles. The average molecular weight is 385 g/mol. The van der Waals surface area contributed by atoms with Crippen LogP contribution in [0.25, 0.3) is 10.9 Å². The van der Waals surface area contributed by atoms with Crippen molar-refractivity contribution in [2.45, 2.75) is 0 Å². The highest BCUT2D eigenvalue weighted by Gasteiger charge is 2.07. The lowest BCUT2D eigenvalue weighted by molar-refractivity contribution is 0.262. The van der Waals surface area contributed by atoms with Gasteiger partial charge < -0.3 is 15.5 Å². The van der Waals surface area contributed by atoms with Crippen LogP contribution in [0.15, 0.2) is 59.2 Å². The third kappa shape index (κ3) is 3.65. The van der Waals surface area contributed by atoms with Crippen LogP contribution in [0.3, 0.4) is 0 Å². The molecule has 0 aliphatic rings. The number of halogens is 1. The van der Waals surface area contributed by atoms with Crippen LogP contribution < -0.4 is 15.5 Å². The van der Waals surface area contributed by atoms with Gasteiger partial charge in [0.2, 0.25) is 0 Å². The van der Waals surface area contributed by atoms with Gasteiger partial charge >= 0.3 is 6.03 Å². The lowest BCUT2D eigenvalue weighted by Crippen LogP contribution is -2.19. The molecule has 0 atom stereocenters. The van der Waals surface area contributed by atoms with E-state index in [4.69, 9.17) is 0 Å². The molecular weight excluding hydrogens is 368 g/mol. The van der Waals surface area contributed by atoms with Crippen LogP contribution in [0, 0.1) is 0 Å². The number of aromatic nitrogens is 1. The summed E-state index contributed by atoms with van der Waals surface area (Å²) in [7, 11) is 3.95. The molecule has 2 amide bonds. The number of hydrogen-bond acceptors (Lipinski definition) is 3. The summed E-state index contributed by atoms with van der Waals surface area (Å²) in [6.45, 7) is 0. The van der Waals surface area contributed by atoms with Crippen molar-refractivity contribution in [3.8, 4) is 0 Å². The van der Waals surface area contributed by atoms with Crippen molar-refractivity contribution in [1.82, 2.24) is 4.98 Å². The number of amides is 2. The van der Waals surface area contributed by atoms with Crippen LogP contribution in [0.2, 0.25) is 0 Å². The van der Waals surface area contributed by atoms with E-state index in [0.717, 1.165) is 32.4 Å². The normalized spacial score (nSPS) is 10.5. The van der Waals surface area contributed by atoms with Gasteiger partial charge in [0.15, 0.2) is 0 Å². The van der Waals surface area contributed by atoms with Gasteiger partial charge in [0.05, 0.1) is 11.2 Å². The second kappa shape index (κ2) is 6.88. The number of benzene rings is 2. The van der Waals surface area contributed by atoms with E-state index in [1.165, 1.54) is 0 Å². The number of rotatable bonds is 3. The van der Waals surface area contributed by atoms with Crippen LogP contribution in [-0.2, 0) is 0 Å². The summed E-state index contributed by atoms with van der Waals surface area (Å²) < 4.78 is 0.949. The predicted molar refractivity (Wildman–Crippen MR) is 103 cm³/mol. The molecule has 24 heavy (non-hydrogen) atoms. The summed E-state index contributed by atoms with van der Waals surface area (Å²) in [4.78, 5) is 18.6. The number of carbonyl (C=O) groups excluding carboxylic acids is 1. The van der Waals surface area contributed by atoms with Gasteiger partial charge in [-0.2, -0.15) is 0 Å². The van der Waals surface area contributed by atoms with E-state index < -0.39 is 0 Å². The first-order valence-corrected chi connectivity index (χ1v) is 8.22. The van der Waals surface area contributed by atoms with E-state index in [1.54, 1.807) is 12.3 Å². The maximum Gasteiger partial charge on any atom is 0.323 e. The van der Waals surface area contributed by atoms with Gasteiger partial charge in [-0.05, 0) is 48.5 Å². The Hall–Kier alpha value is -2.60. The number of fused-ring (bicyclic) bond motifs is 1. The van der Waals surface area contributed by atoms with Crippen LogP contribution in [0.1, 0.15) is 0 Å². The van der Waals surface area contributed by atoms with Gasteiger partial charge in [0, 0.05) is 41.5 Å². The van der Waals surface area contributed by atoms with E-state index in [0.29, 0.717) is 0 Å². The number of nitrogens with one attached hydrogen (secondary N) is 2. The molecule has 0 aliphatic carbocycles. The second-order valence-electron chi connectivity index (χ2n) is 5.54. The standard InChI is InChI=1S/C18H17BrN4O/c1-23(2)14-6-4-13(5-7-14)21-18(24)22-16-9-10-20-17-11-12(19)3-8-15(16)17/h3-11H,1-2H3,(H2,20,21,22,24). The fourth-order valence-electron chi connectivity index (χ4n) is 2.36. The summed E-state index contributed by atoms with van der Waals surface area (Å²) in [6, 6.07) is 14.9. The first kappa shape index (κ1) is 16.3. The molecule has 0 radical (unpaired) electrons. The van der Waals surface area contributed by atoms with Crippen LogP contribution in [0.5, 0.6) is 0 Å². The average Bonchev–Trinajstić information content (AvgIpc) is 2.55. The number of nitrogens with zero attached hydrogens (tertiary/aromatic N) is 2. The van der Waals surface area contributed by atoms with Crippen LogP contribution >= 0.6 is 15.9 Å². The van der Waals surface area contributed by atoms with Crippen molar-refractivity contribution in [2.75, 3.05) is 29.6 Å². The highest BCUT2D eigenvalue weighted by Crippen LogP contribution is 2.25. The third-order valence-electron chi connectivity index (χ3n) is 3.59. The molecule has 3 rings (SSSR count). The first-order chi connectivity index (χ1) is 11.5. The summed E-state index contributed by atoms with van der Waals surface area (Å²) in [5.74, 6) is 0. The zero-order valence-corrected chi connectivity index (χ0v) is 15.0. The Balaban J connectivity index is 1.75. The van der Waals surface area contributed by atoms with Crippen molar-refractivity contribution >= 4 is 49.9 Å². The SMILES string of the molecule is CN(C)c1ccc(NC(=O)Nc2ccnc3cc(Br)ccc23)cc1. The Kier molecular flexibility index (Phi) is 4.66. The first-order valence-electron chi connectivity index (χ1n) is 7.42. The molecule has 3 aromatic rings. The molecule has 1 heterocycles. The molecule has 0 unspecified atom stereocenters. The van der Waals surface area contributed by atoms with E-state index in [2.05, 4.69) is 31.5 Å². The number of hydrogen-bond donors (Lipinski definition) is 2. The third-order valence-corrected chi connectivity index (χ3v) is 4.09. The van der Waals surface area contributed by atoms with E-state index in [1.807, 2.05) is 61.5 Å². The lowest BCUT2D eigenvalue weighted by Gasteiger charge is -2.13. The Morgan fingerprint density at radius 2 is 1.79 bits per heavy atom. The van der Waals surface area contributed by atoms with Crippen LogP contribution in [-0.4, -0.2) is 25.1 Å². The molecule has 122 valence electrons. The molecule has 2 N–H and O–H groups in total. The number of anilines is 3. The monoisotopic (exact) mass is 384 g/mol. The van der Waals surface area contributed by atoms with Gasteiger partial charge in [-0.25, -0.2) is 4.79 Å². The predicted octanol–water partition coefficient (Wildman–Crippen LogP) is 4.71. The van der Waals surface area contributed by atoms with Gasteiger partial charge in [0.25, 0.3) is 0 Å². The summed E-state index contributed by atoms with van der Waals surface area (Å²) in [5, 5.41) is 6.60. The van der Waals surface area contributed by atoms with Crippen molar-refractivity contribution in [3.63, 3.8) is 0 Å². The molecule has 6 heteroatoms. The maximum absolute atomic E-state index is 12.2. The Morgan fingerprint density at radius 1 is 1.04 bits per heavy atom. The minimum atomic E-state index is -0.289. The minimum absolute atomic E-state index is 0.289. The van der Waals surface area contributed by atoms with Crippen molar-refractivity contribution in [1.29, 1.82) is 0 Å². The van der Waals surface area contributed by atoms with Crippen molar-refractivity contribution in [2.24, 2.45) is 0 Å². The van der Waals surface area contributed by atoms with Gasteiger partial charge in [0.1, 0.15) is 0 Å². The van der Waals surface area contributed by atoms with Gasteiger partial charge in [-0.15, -0.1) is 0 Å². The molecule has 0 spiro atoms. The molecular formula is C18H17BrN4O. The molecule has 5 nitrogen and oxygen atoms in total. The topological polar surface area (TPSA) is 57.3 Å². The number of pyridine rings is 1.